The first-order chi connectivity index (χ1) is 8.59. The molecule has 0 radical (unpaired) electrons. The van der Waals surface area contributed by atoms with Gasteiger partial charge in [0, 0.05) is 25.4 Å². The van der Waals surface area contributed by atoms with E-state index in [2.05, 4.69) is 10.3 Å². The van der Waals surface area contributed by atoms with E-state index in [1.165, 1.54) is 0 Å². The van der Waals surface area contributed by atoms with Crippen LogP contribution in [-0.2, 0) is 16.0 Å². The predicted molar refractivity (Wildman–Crippen MR) is 67.4 cm³/mol. The summed E-state index contributed by atoms with van der Waals surface area (Å²) >= 11 is 0. The minimum atomic E-state index is -0.450. The van der Waals surface area contributed by atoms with Gasteiger partial charge in [0.2, 0.25) is 5.88 Å². The summed E-state index contributed by atoms with van der Waals surface area (Å²) < 4.78 is 16.2. The molecule has 5 nitrogen and oxygen atoms in total. The molecule has 0 aliphatic carbocycles. The lowest BCUT2D eigenvalue weighted by atomic mass is 10.2. The van der Waals surface area contributed by atoms with E-state index >= 15 is 0 Å². The second-order valence-electron chi connectivity index (χ2n) is 4.79. The Kier molecular flexibility index (Phi) is 4.16. The molecule has 0 aromatic carbocycles. The molecule has 100 valence electrons. The van der Waals surface area contributed by atoms with Crippen LogP contribution >= 0.6 is 0 Å². The van der Waals surface area contributed by atoms with Gasteiger partial charge in [0.15, 0.2) is 5.79 Å². The first kappa shape index (κ1) is 13.3. The maximum absolute atomic E-state index is 5.70. The molecular formula is C13H20N2O3. The quantitative estimate of drug-likeness (QED) is 0.857. The van der Waals surface area contributed by atoms with Crippen molar-refractivity contribution >= 4 is 0 Å². The number of ether oxygens (including phenoxy) is 3. The fourth-order valence-corrected chi connectivity index (χ4v) is 1.88. The van der Waals surface area contributed by atoms with Gasteiger partial charge in [-0.15, -0.1) is 0 Å². The van der Waals surface area contributed by atoms with E-state index in [9.17, 15) is 0 Å². The zero-order valence-electron chi connectivity index (χ0n) is 11.1. The average Bonchev–Trinajstić information content (AvgIpc) is 2.70. The van der Waals surface area contributed by atoms with E-state index in [1.54, 1.807) is 7.11 Å². The van der Waals surface area contributed by atoms with Crippen LogP contribution in [0.15, 0.2) is 18.3 Å². The Bertz CT molecular complexity index is 378. The van der Waals surface area contributed by atoms with Gasteiger partial charge < -0.3 is 19.5 Å². The molecule has 1 unspecified atom stereocenters. The van der Waals surface area contributed by atoms with Crippen LogP contribution in [0.25, 0.3) is 0 Å². The largest absolute Gasteiger partial charge is 0.481 e. The highest BCUT2D eigenvalue weighted by Gasteiger charge is 2.32. The molecule has 0 amide bonds. The van der Waals surface area contributed by atoms with Crippen LogP contribution in [0.1, 0.15) is 19.4 Å². The lowest BCUT2D eigenvalue weighted by molar-refractivity contribution is -0.137. The van der Waals surface area contributed by atoms with E-state index in [-0.39, 0.29) is 6.10 Å². The summed E-state index contributed by atoms with van der Waals surface area (Å²) in [6, 6.07) is 3.85. The van der Waals surface area contributed by atoms with Crippen molar-refractivity contribution < 1.29 is 14.2 Å². The Morgan fingerprint density at radius 3 is 2.89 bits per heavy atom. The van der Waals surface area contributed by atoms with Crippen LogP contribution < -0.4 is 10.1 Å². The second kappa shape index (κ2) is 5.65. The topological polar surface area (TPSA) is 52.6 Å². The Balaban J connectivity index is 1.72. The van der Waals surface area contributed by atoms with Crippen molar-refractivity contribution in [1.82, 2.24) is 10.3 Å². The lowest BCUT2D eigenvalue weighted by Crippen LogP contribution is -2.30. The summed E-state index contributed by atoms with van der Waals surface area (Å²) in [6.07, 6.45) is 1.92. The number of methoxy groups -OCH3 is 1. The van der Waals surface area contributed by atoms with E-state index in [1.807, 2.05) is 32.2 Å². The van der Waals surface area contributed by atoms with Crippen molar-refractivity contribution in [3.05, 3.63) is 23.9 Å². The molecule has 1 saturated heterocycles. The normalized spacial score (nSPS) is 22.1. The summed E-state index contributed by atoms with van der Waals surface area (Å²) in [5, 5.41) is 3.33. The Hall–Kier alpha value is -1.17. The first-order valence-corrected chi connectivity index (χ1v) is 6.10. The van der Waals surface area contributed by atoms with Crippen molar-refractivity contribution in [2.45, 2.75) is 32.3 Å². The molecule has 0 bridgehead atoms. The summed E-state index contributed by atoms with van der Waals surface area (Å²) in [7, 11) is 1.61. The molecule has 5 heteroatoms. The molecule has 1 aromatic rings. The van der Waals surface area contributed by atoms with Crippen LogP contribution in [0.2, 0.25) is 0 Å². The van der Waals surface area contributed by atoms with E-state index in [4.69, 9.17) is 14.2 Å². The van der Waals surface area contributed by atoms with E-state index in [0.717, 1.165) is 18.7 Å². The van der Waals surface area contributed by atoms with Gasteiger partial charge in [0.1, 0.15) is 0 Å². The number of hydrogen-bond donors (Lipinski definition) is 1. The lowest BCUT2D eigenvalue weighted by Gasteiger charge is -2.17. The fourth-order valence-electron chi connectivity index (χ4n) is 1.88. The summed E-state index contributed by atoms with van der Waals surface area (Å²) in [5.41, 5.74) is 1.12. The molecule has 1 fully saturated rings. The van der Waals surface area contributed by atoms with Crippen molar-refractivity contribution in [2.24, 2.45) is 0 Å². The van der Waals surface area contributed by atoms with Gasteiger partial charge in [-0.2, -0.15) is 0 Å². The number of nitrogens with zero attached hydrogens (tertiary/aromatic N) is 1. The maximum atomic E-state index is 5.70. The van der Waals surface area contributed by atoms with Gasteiger partial charge in [0.05, 0.1) is 19.8 Å². The summed E-state index contributed by atoms with van der Waals surface area (Å²) in [4.78, 5) is 4.15. The number of rotatable bonds is 5. The van der Waals surface area contributed by atoms with Gasteiger partial charge in [-0.1, -0.05) is 6.07 Å². The third kappa shape index (κ3) is 3.66. The van der Waals surface area contributed by atoms with Crippen molar-refractivity contribution in [3.8, 4) is 5.88 Å². The van der Waals surface area contributed by atoms with Crippen molar-refractivity contribution in [2.75, 3.05) is 20.3 Å². The number of nitrogens with one attached hydrogen (secondary N) is 1. The van der Waals surface area contributed by atoms with Crippen LogP contribution in [0.4, 0.5) is 0 Å². The van der Waals surface area contributed by atoms with E-state index in [0.29, 0.717) is 12.5 Å². The number of pyridine rings is 1. The molecule has 0 spiro atoms. The average molecular weight is 252 g/mol. The Labute approximate surface area is 107 Å². The first-order valence-electron chi connectivity index (χ1n) is 6.10. The van der Waals surface area contributed by atoms with Crippen LogP contribution in [0.3, 0.4) is 0 Å². The zero-order chi connectivity index (χ0) is 13.0. The monoisotopic (exact) mass is 252 g/mol. The van der Waals surface area contributed by atoms with Gasteiger partial charge in [-0.25, -0.2) is 4.98 Å². The minimum Gasteiger partial charge on any atom is -0.481 e. The smallest absolute Gasteiger partial charge is 0.212 e. The molecule has 1 aromatic heterocycles. The van der Waals surface area contributed by atoms with Crippen molar-refractivity contribution in [1.29, 1.82) is 0 Å². The maximum Gasteiger partial charge on any atom is 0.212 e. The van der Waals surface area contributed by atoms with Crippen molar-refractivity contribution in [3.63, 3.8) is 0 Å². The molecule has 1 N–H and O–H groups in total. The van der Waals surface area contributed by atoms with E-state index < -0.39 is 5.79 Å². The van der Waals surface area contributed by atoms with Gasteiger partial charge in [-0.05, 0) is 19.4 Å². The number of hydrogen-bond acceptors (Lipinski definition) is 5. The van der Waals surface area contributed by atoms with Crippen LogP contribution in [-0.4, -0.2) is 37.1 Å². The fraction of sp³-hybridized carbons (Fsp3) is 0.615. The number of aromatic nitrogens is 1. The second-order valence-corrected chi connectivity index (χ2v) is 4.79. The highest BCUT2D eigenvalue weighted by atomic mass is 16.7. The molecular weight excluding hydrogens is 232 g/mol. The predicted octanol–water partition coefficient (Wildman–Crippen LogP) is 1.33. The highest BCUT2D eigenvalue weighted by Crippen LogP contribution is 2.21. The molecule has 1 aliphatic rings. The minimum absolute atomic E-state index is 0.117. The molecule has 2 heterocycles. The zero-order valence-corrected chi connectivity index (χ0v) is 11.1. The Morgan fingerprint density at radius 2 is 2.33 bits per heavy atom. The summed E-state index contributed by atoms with van der Waals surface area (Å²) in [5.74, 6) is 0.182. The molecule has 18 heavy (non-hydrogen) atoms. The summed E-state index contributed by atoms with van der Waals surface area (Å²) in [6.45, 7) is 6.04. The molecule has 1 atom stereocenters. The third-order valence-electron chi connectivity index (χ3n) is 2.78. The molecule has 1 aliphatic heterocycles. The SMILES string of the molecule is COc1ccc(CNCC2COC(C)(C)O2)cn1. The molecule has 2 rings (SSSR count). The third-order valence-corrected chi connectivity index (χ3v) is 2.78. The van der Waals surface area contributed by atoms with Gasteiger partial charge >= 0.3 is 0 Å². The Morgan fingerprint density at radius 1 is 1.50 bits per heavy atom. The van der Waals surface area contributed by atoms with Gasteiger partial charge in [0.25, 0.3) is 0 Å². The van der Waals surface area contributed by atoms with Gasteiger partial charge in [-0.3, -0.25) is 0 Å². The molecule has 0 saturated carbocycles. The van der Waals surface area contributed by atoms with Crippen LogP contribution in [0.5, 0.6) is 5.88 Å². The highest BCUT2D eigenvalue weighted by molar-refractivity contribution is 5.17. The van der Waals surface area contributed by atoms with Crippen LogP contribution in [0, 0.1) is 0 Å². The standard InChI is InChI=1S/C13H20N2O3/c1-13(2)17-9-11(18-13)8-14-6-10-4-5-12(16-3)15-7-10/h4-5,7,11,14H,6,8-9H2,1-3H3.